The fourth-order valence-corrected chi connectivity index (χ4v) is 0.774. The van der Waals surface area contributed by atoms with E-state index < -0.39 is 5.97 Å². The highest BCUT2D eigenvalue weighted by molar-refractivity contribution is 5.87. The third-order valence-corrected chi connectivity index (χ3v) is 1.40. The van der Waals surface area contributed by atoms with Crippen LogP contribution in [0.5, 0.6) is 0 Å². The second-order valence-corrected chi connectivity index (χ2v) is 2.42. The molecule has 0 atom stereocenters. The van der Waals surface area contributed by atoms with Crippen LogP contribution in [0.4, 0.5) is 0 Å². The van der Waals surface area contributed by atoms with Gasteiger partial charge in [-0.2, -0.15) is 0 Å². The maximum Gasteiger partial charge on any atom is 0.384 e. The average Bonchev–Trinajstić information content (AvgIpc) is 2.10. The largest absolute Gasteiger partial charge is 0.456 e. The van der Waals surface area contributed by atoms with Crippen molar-refractivity contribution in [3.63, 3.8) is 0 Å². The Bertz CT molecular complexity index is 158. The van der Waals surface area contributed by atoms with Gasteiger partial charge in [-0.05, 0) is 19.3 Å². The Balaban J connectivity index is 3.02. The van der Waals surface area contributed by atoms with E-state index in [-0.39, 0.29) is 6.61 Å². The Kier molecular flexibility index (Phi) is 7.41. The van der Waals surface area contributed by atoms with Gasteiger partial charge in [-0.3, -0.25) is 0 Å². The summed E-state index contributed by atoms with van der Waals surface area (Å²) in [4.78, 5) is 10.4. The lowest BCUT2D eigenvalue weighted by atomic mass is 10.2. The van der Waals surface area contributed by atoms with Gasteiger partial charge in [0.05, 0.1) is 6.61 Å². The molecule has 12 heavy (non-hydrogen) atoms. The summed E-state index contributed by atoms with van der Waals surface area (Å²) < 4.78 is 4.63. The highest BCUT2D eigenvalue weighted by atomic mass is 16.5. The zero-order chi connectivity index (χ0) is 9.23. The SMILES string of the molecule is C#CC(=O)OCCCCCCO. The molecule has 0 heterocycles. The molecule has 0 aromatic heterocycles. The number of carbonyl (C=O) groups is 1. The summed E-state index contributed by atoms with van der Waals surface area (Å²) in [5.74, 6) is 1.27. The Morgan fingerprint density at radius 3 is 2.58 bits per heavy atom. The summed E-state index contributed by atoms with van der Waals surface area (Å²) in [7, 11) is 0. The van der Waals surface area contributed by atoms with Crippen molar-refractivity contribution in [2.24, 2.45) is 0 Å². The zero-order valence-electron chi connectivity index (χ0n) is 7.08. The number of ether oxygens (including phenoxy) is 1. The fourth-order valence-electron chi connectivity index (χ4n) is 0.774. The Morgan fingerprint density at radius 1 is 1.33 bits per heavy atom. The van der Waals surface area contributed by atoms with E-state index in [0.29, 0.717) is 6.61 Å². The molecule has 3 heteroatoms. The van der Waals surface area contributed by atoms with Crippen molar-refractivity contribution in [2.45, 2.75) is 25.7 Å². The van der Waals surface area contributed by atoms with Gasteiger partial charge in [0, 0.05) is 12.5 Å². The smallest absolute Gasteiger partial charge is 0.384 e. The van der Waals surface area contributed by atoms with E-state index in [1.807, 2.05) is 5.92 Å². The van der Waals surface area contributed by atoms with Gasteiger partial charge in [0.1, 0.15) is 0 Å². The molecule has 0 amide bonds. The predicted octanol–water partition coefficient (Wildman–Crippen LogP) is 0.716. The van der Waals surface area contributed by atoms with Crippen LogP contribution in [0.1, 0.15) is 25.7 Å². The second kappa shape index (κ2) is 8.09. The third-order valence-electron chi connectivity index (χ3n) is 1.40. The summed E-state index contributed by atoms with van der Waals surface area (Å²) in [6.07, 6.45) is 8.32. The molecular weight excluding hydrogens is 156 g/mol. The lowest BCUT2D eigenvalue weighted by Crippen LogP contribution is -2.02. The minimum atomic E-state index is -0.600. The summed E-state index contributed by atoms with van der Waals surface area (Å²) >= 11 is 0. The average molecular weight is 170 g/mol. The fraction of sp³-hybridized carbons (Fsp3) is 0.667. The molecule has 0 aromatic carbocycles. The molecule has 0 spiro atoms. The van der Waals surface area contributed by atoms with Crippen molar-refractivity contribution in [3.8, 4) is 12.3 Å². The van der Waals surface area contributed by atoms with Gasteiger partial charge in [-0.25, -0.2) is 4.79 Å². The summed E-state index contributed by atoms with van der Waals surface area (Å²) in [6, 6.07) is 0. The summed E-state index contributed by atoms with van der Waals surface area (Å²) in [6.45, 7) is 0.610. The molecule has 0 aliphatic carbocycles. The van der Waals surface area contributed by atoms with E-state index >= 15 is 0 Å². The maximum absolute atomic E-state index is 10.4. The van der Waals surface area contributed by atoms with E-state index in [1.165, 1.54) is 0 Å². The van der Waals surface area contributed by atoms with Crippen molar-refractivity contribution in [1.29, 1.82) is 0 Å². The van der Waals surface area contributed by atoms with Crippen LogP contribution in [-0.4, -0.2) is 24.3 Å². The first-order valence-electron chi connectivity index (χ1n) is 4.05. The van der Waals surface area contributed by atoms with Gasteiger partial charge < -0.3 is 9.84 Å². The van der Waals surface area contributed by atoms with Gasteiger partial charge in [0.15, 0.2) is 0 Å². The van der Waals surface area contributed by atoms with Gasteiger partial charge in [-0.1, -0.05) is 6.42 Å². The van der Waals surface area contributed by atoms with Crippen molar-refractivity contribution in [2.75, 3.05) is 13.2 Å². The van der Waals surface area contributed by atoms with E-state index in [0.717, 1.165) is 25.7 Å². The van der Waals surface area contributed by atoms with E-state index in [9.17, 15) is 4.79 Å². The van der Waals surface area contributed by atoms with Crippen molar-refractivity contribution < 1.29 is 14.6 Å². The first kappa shape index (κ1) is 11.0. The van der Waals surface area contributed by atoms with Crippen LogP contribution in [0, 0.1) is 12.3 Å². The molecule has 68 valence electrons. The Hall–Kier alpha value is -1.01. The monoisotopic (exact) mass is 170 g/mol. The lowest BCUT2D eigenvalue weighted by Gasteiger charge is -1.99. The minimum absolute atomic E-state index is 0.226. The number of terminal acetylenes is 1. The van der Waals surface area contributed by atoms with Crippen LogP contribution in [0.15, 0.2) is 0 Å². The molecule has 0 aliphatic rings. The molecule has 0 aliphatic heterocycles. The lowest BCUT2D eigenvalue weighted by molar-refractivity contribution is -0.136. The quantitative estimate of drug-likeness (QED) is 0.276. The van der Waals surface area contributed by atoms with Gasteiger partial charge >= 0.3 is 5.97 Å². The Labute approximate surface area is 72.7 Å². The normalized spacial score (nSPS) is 9.00. The van der Waals surface area contributed by atoms with Crippen LogP contribution < -0.4 is 0 Å². The Morgan fingerprint density at radius 2 is 2.00 bits per heavy atom. The molecular formula is C9H14O3. The van der Waals surface area contributed by atoms with Gasteiger partial charge in [0.2, 0.25) is 0 Å². The number of aliphatic hydroxyl groups excluding tert-OH is 1. The molecule has 0 aromatic rings. The molecule has 3 nitrogen and oxygen atoms in total. The second-order valence-electron chi connectivity index (χ2n) is 2.42. The molecule has 1 N–H and O–H groups in total. The molecule has 0 bridgehead atoms. The van der Waals surface area contributed by atoms with Crippen LogP contribution in [0.2, 0.25) is 0 Å². The van der Waals surface area contributed by atoms with E-state index in [1.54, 1.807) is 0 Å². The number of rotatable bonds is 6. The standard InChI is InChI=1S/C9H14O3/c1-2-9(11)12-8-6-4-3-5-7-10/h1,10H,3-8H2. The van der Waals surface area contributed by atoms with Crippen molar-refractivity contribution >= 4 is 5.97 Å². The topological polar surface area (TPSA) is 46.5 Å². The number of carbonyl (C=O) groups excluding carboxylic acids is 1. The maximum atomic E-state index is 10.4. The van der Waals surface area contributed by atoms with Crippen molar-refractivity contribution in [1.82, 2.24) is 0 Å². The van der Waals surface area contributed by atoms with Gasteiger partial charge in [-0.15, -0.1) is 6.42 Å². The van der Waals surface area contributed by atoms with Gasteiger partial charge in [0.25, 0.3) is 0 Å². The highest BCUT2D eigenvalue weighted by Gasteiger charge is 1.94. The minimum Gasteiger partial charge on any atom is -0.456 e. The van der Waals surface area contributed by atoms with Crippen molar-refractivity contribution in [3.05, 3.63) is 0 Å². The van der Waals surface area contributed by atoms with E-state index in [4.69, 9.17) is 11.5 Å². The first-order chi connectivity index (χ1) is 5.81. The van der Waals surface area contributed by atoms with E-state index in [2.05, 4.69) is 4.74 Å². The number of hydrogen-bond acceptors (Lipinski definition) is 3. The third kappa shape index (κ3) is 7.10. The molecule has 0 rings (SSSR count). The number of hydrogen-bond donors (Lipinski definition) is 1. The molecule has 0 saturated carbocycles. The highest BCUT2D eigenvalue weighted by Crippen LogP contribution is 1.98. The number of unbranched alkanes of at least 4 members (excludes halogenated alkanes) is 3. The first-order valence-corrected chi connectivity index (χ1v) is 4.05. The summed E-state index contributed by atoms with van der Waals surface area (Å²) in [5, 5.41) is 8.44. The summed E-state index contributed by atoms with van der Waals surface area (Å²) in [5.41, 5.74) is 0. The number of aliphatic hydroxyl groups is 1. The zero-order valence-corrected chi connectivity index (χ0v) is 7.08. The van der Waals surface area contributed by atoms with Crippen LogP contribution in [0.25, 0.3) is 0 Å². The molecule has 0 unspecified atom stereocenters. The predicted molar refractivity (Wildman–Crippen MR) is 45.3 cm³/mol. The molecule has 0 radical (unpaired) electrons. The molecule has 0 saturated heterocycles. The van der Waals surface area contributed by atoms with Crippen LogP contribution in [0.3, 0.4) is 0 Å². The van der Waals surface area contributed by atoms with Crippen LogP contribution >= 0.6 is 0 Å². The molecule has 0 fully saturated rings. The number of esters is 1. The van der Waals surface area contributed by atoms with Crippen LogP contribution in [-0.2, 0) is 9.53 Å².